The highest BCUT2D eigenvalue weighted by Gasteiger charge is 2.41. The van der Waals surface area contributed by atoms with E-state index in [0.29, 0.717) is 5.57 Å². The molecule has 2 nitrogen and oxygen atoms in total. The lowest BCUT2D eigenvalue weighted by molar-refractivity contribution is -0.137. The fourth-order valence-electron chi connectivity index (χ4n) is 3.59. The summed E-state index contributed by atoms with van der Waals surface area (Å²) < 4.78 is 5.69. The molecule has 1 unspecified atom stereocenters. The molecule has 2 heteroatoms. The van der Waals surface area contributed by atoms with Gasteiger partial charge in [-0.1, -0.05) is 67.3 Å². The molecular formula is C21H18O2. The maximum absolute atomic E-state index is 12.2. The van der Waals surface area contributed by atoms with Crippen LogP contribution >= 0.6 is 0 Å². The number of hydrogen-bond donors (Lipinski definition) is 0. The molecule has 0 N–H and O–H groups in total. The van der Waals surface area contributed by atoms with Crippen LogP contribution in [0.5, 0.6) is 0 Å². The molecule has 2 aromatic carbocycles. The van der Waals surface area contributed by atoms with Crippen molar-refractivity contribution < 1.29 is 9.53 Å². The van der Waals surface area contributed by atoms with Gasteiger partial charge >= 0.3 is 5.97 Å². The molecule has 2 aromatic rings. The molecule has 114 valence electrons. The van der Waals surface area contributed by atoms with Gasteiger partial charge in [-0.05, 0) is 34.8 Å². The Bertz CT molecular complexity index is 852. The van der Waals surface area contributed by atoms with Gasteiger partial charge in [0.1, 0.15) is 6.10 Å². The van der Waals surface area contributed by atoms with E-state index in [-0.39, 0.29) is 18.0 Å². The summed E-state index contributed by atoms with van der Waals surface area (Å²) in [6.07, 6.45) is 7.97. The highest BCUT2D eigenvalue weighted by molar-refractivity contribution is 5.95. The van der Waals surface area contributed by atoms with Crippen LogP contribution in [0.1, 0.15) is 24.3 Å². The number of esters is 1. The van der Waals surface area contributed by atoms with E-state index in [0.717, 1.165) is 23.8 Å². The Morgan fingerprint density at radius 1 is 1.09 bits per heavy atom. The highest BCUT2D eigenvalue weighted by Crippen LogP contribution is 2.43. The Morgan fingerprint density at radius 2 is 1.91 bits per heavy atom. The summed E-state index contributed by atoms with van der Waals surface area (Å²) >= 11 is 0. The Balaban J connectivity index is 1.86. The zero-order valence-electron chi connectivity index (χ0n) is 12.9. The summed E-state index contributed by atoms with van der Waals surface area (Å²) in [6, 6.07) is 14.5. The van der Waals surface area contributed by atoms with Crippen LogP contribution in [0.4, 0.5) is 0 Å². The fourth-order valence-corrected chi connectivity index (χ4v) is 3.59. The summed E-state index contributed by atoms with van der Waals surface area (Å²) in [4.78, 5) is 12.2. The van der Waals surface area contributed by atoms with Crippen LogP contribution in [-0.4, -0.2) is 12.1 Å². The molecule has 1 saturated heterocycles. The van der Waals surface area contributed by atoms with Crippen LogP contribution < -0.4 is 0 Å². The predicted molar refractivity (Wildman–Crippen MR) is 92.2 cm³/mol. The van der Waals surface area contributed by atoms with Gasteiger partial charge in [0.25, 0.3) is 0 Å². The molecule has 0 aromatic heterocycles. The largest absolute Gasteiger partial charge is 0.453 e. The molecule has 2 atom stereocenters. The topological polar surface area (TPSA) is 26.3 Å². The smallest absolute Gasteiger partial charge is 0.334 e. The van der Waals surface area contributed by atoms with Gasteiger partial charge in [0.2, 0.25) is 0 Å². The van der Waals surface area contributed by atoms with Crippen LogP contribution in [0.2, 0.25) is 0 Å². The van der Waals surface area contributed by atoms with Crippen LogP contribution in [0.15, 0.2) is 78.4 Å². The minimum atomic E-state index is -0.275. The number of hydrogen-bond acceptors (Lipinski definition) is 2. The van der Waals surface area contributed by atoms with E-state index in [4.69, 9.17) is 4.74 Å². The molecule has 1 fully saturated rings. The van der Waals surface area contributed by atoms with Gasteiger partial charge in [-0.3, -0.25) is 0 Å². The Labute approximate surface area is 135 Å². The summed E-state index contributed by atoms with van der Waals surface area (Å²) in [5.74, 6) is -0.380. The zero-order valence-corrected chi connectivity index (χ0v) is 12.9. The standard InChI is InChI=1S/C21H18O2/c1-14-19(18-13-7-11-15-8-5-6-12-17(15)18)20(23-21(14)22)16-9-3-2-4-10-16/h2-3,5-9,11-13,19-20H,1,4,10H2/t19-,20?/m1/s1. The Morgan fingerprint density at radius 3 is 2.74 bits per heavy atom. The lowest BCUT2D eigenvalue weighted by atomic mass is 9.82. The van der Waals surface area contributed by atoms with Gasteiger partial charge in [0, 0.05) is 5.57 Å². The Hall–Kier alpha value is -2.61. The third kappa shape index (κ3) is 2.31. The maximum atomic E-state index is 12.2. The zero-order chi connectivity index (χ0) is 15.8. The van der Waals surface area contributed by atoms with E-state index in [1.807, 2.05) is 24.3 Å². The number of allylic oxidation sites excluding steroid dienone is 3. The first-order valence-corrected chi connectivity index (χ1v) is 7.99. The second-order valence-corrected chi connectivity index (χ2v) is 6.11. The minimum absolute atomic E-state index is 0.105. The van der Waals surface area contributed by atoms with E-state index in [2.05, 4.69) is 43.0 Å². The van der Waals surface area contributed by atoms with Crippen molar-refractivity contribution >= 4 is 16.7 Å². The molecule has 23 heavy (non-hydrogen) atoms. The van der Waals surface area contributed by atoms with Crippen LogP contribution in [0, 0.1) is 0 Å². The van der Waals surface area contributed by atoms with E-state index >= 15 is 0 Å². The number of fused-ring (bicyclic) bond motifs is 1. The molecule has 1 heterocycles. The predicted octanol–water partition coefficient (Wildman–Crippen LogP) is 4.68. The van der Waals surface area contributed by atoms with Crippen molar-refractivity contribution in [2.24, 2.45) is 0 Å². The van der Waals surface area contributed by atoms with Crippen LogP contribution in [0.3, 0.4) is 0 Å². The van der Waals surface area contributed by atoms with Gasteiger partial charge in [-0.15, -0.1) is 0 Å². The Kier molecular flexibility index (Phi) is 3.38. The normalized spacial score (nSPS) is 23.9. The molecule has 0 bridgehead atoms. The summed E-state index contributed by atoms with van der Waals surface area (Å²) in [7, 11) is 0. The molecule has 2 aliphatic rings. The highest BCUT2D eigenvalue weighted by atomic mass is 16.6. The summed E-state index contributed by atoms with van der Waals surface area (Å²) in [6.45, 7) is 4.03. The van der Waals surface area contributed by atoms with Crippen molar-refractivity contribution in [1.29, 1.82) is 0 Å². The quantitative estimate of drug-likeness (QED) is 0.594. The van der Waals surface area contributed by atoms with E-state index in [1.54, 1.807) is 0 Å². The SMILES string of the molecule is C=C1C(=O)OC(C2=CC=CCC2)[C@H]1c1cccc2ccccc12. The number of carbonyl (C=O) groups excluding carboxylic acids is 1. The molecular weight excluding hydrogens is 284 g/mol. The number of benzene rings is 2. The molecule has 0 saturated carbocycles. The number of rotatable bonds is 2. The molecule has 1 aliphatic heterocycles. The molecule has 0 spiro atoms. The summed E-state index contributed by atoms with van der Waals surface area (Å²) in [5, 5.41) is 2.34. The van der Waals surface area contributed by atoms with Crippen molar-refractivity contribution in [3.8, 4) is 0 Å². The third-order valence-corrected chi connectivity index (χ3v) is 4.74. The lowest BCUT2D eigenvalue weighted by Crippen LogP contribution is -2.19. The van der Waals surface area contributed by atoms with E-state index < -0.39 is 0 Å². The number of cyclic esters (lactones) is 1. The van der Waals surface area contributed by atoms with Crippen molar-refractivity contribution in [2.45, 2.75) is 24.9 Å². The van der Waals surface area contributed by atoms with Gasteiger partial charge < -0.3 is 4.74 Å². The van der Waals surface area contributed by atoms with Gasteiger partial charge in [0.05, 0.1) is 5.92 Å². The van der Waals surface area contributed by atoms with Crippen molar-refractivity contribution in [2.75, 3.05) is 0 Å². The number of ether oxygens (including phenoxy) is 1. The van der Waals surface area contributed by atoms with Crippen molar-refractivity contribution in [3.05, 3.63) is 84.0 Å². The van der Waals surface area contributed by atoms with Gasteiger partial charge in [0.15, 0.2) is 0 Å². The van der Waals surface area contributed by atoms with Gasteiger partial charge in [-0.2, -0.15) is 0 Å². The monoisotopic (exact) mass is 302 g/mol. The second kappa shape index (κ2) is 5.54. The minimum Gasteiger partial charge on any atom is -0.453 e. The molecule has 0 radical (unpaired) electrons. The second-order valence-electron chi connectivity index (χ2n) is 6.11. The average Bonchev–Trinajstić information content (AvgIpc) is 2.90. The van der Waals surface area contributed by atoms with Gasteiger partial charge in [-0.25, -0.2) is 4.79 Å². The number of carbonyl (C=O) groups is 1. The van der Waals surface area contributed by atoms with E-state index in [9.17, 15) is 4.79 Å². The van der Waals surface area contributed by atoms with Crippen LogP contribution in [0.25, 0.3) is 10.8 Å². The van der Waals surface area contributed by atoms with Crippen molar-refractivity contribution in [1.82, 2.24) is 0 Å². The average molecular weight is 302 g/mol. The molecule has 1 aliphatic carbocycles. The lowest BCUT2D eigenvalue weighted by Gasteiger charge is -2.23. The van der Waals surface area contributed by atoms with Crippen LogP contribution in [-0.2, 0) is 9.53 Å². The summed E-state index contributed by atoms with van der Waals surface area (Å²) in [5.41, 5.74) is 2.86. The fraction of sp³-hybridized carbons (Fsp3) is 0.190. The third-order valence-electron chi connectivity index (χ3n) is 4.74. The first kappa shape index (κ1) is 14.0. The van der Waals surface area contributed by atoms with Crippen molar-refractivity contribution in [3.63, 3.8) is 0 Å². The molecule has 0 amide bonds. The maximum Gasteiger partial charge on any atom is 0.334 e. The van der Waals surface area contributed by atoms with E-state index in [1.165, 1.54) is 11.0 Å². The first-order valence-electron chi connectivity index (χ1n) is 7.99. The first-order chi connectivity index (χ1) is 11.3. The molecule has 4 rings (SSSR count).